The number of hydrogen-bond donors (Lipinski definition) is 3. The van der Waals surface area contributed by atoms with Crippen molar-refractivity contribution in [3.63, 3.8) is 0 Å². The van der Waals surface area contributed by atoms with Crippen molar-refractivity contribution in [3.8, 4) is 10.4 Å². The molecule has 3 aromatic rings. The highest BCUT2D eigenvalue weighted by Crippen LogP contribution is 2.28. The Labute approximate surface area is 147 Å². The molecule has 2 amide bonds. The Bertz CT molecular complexity index is 899. The van der Waals surface area contributed by atoms with Crippen molar-refractivity contribution < 1.29 is 14.0 Å². The van der Waals surface area contributed by atoms with Gasteiger partial charge in [0.1, 0.15) is 11.5 Å². The Morgan fingerprint density at radius 2 is 1.84 bits per heavy atom. The second-order valence-electron chi connectivity index (χ2n) is 5.07. The molecule has 0 atom stereocenters. The van der Waals surface area contributed by atoms with E-state index in [0.717, 1.165) is 15.3 Å². The summed E-state index contributed by atoms with van der Waals surface area (Å²) < 4.78 is 13.0. The summed E-state index contributed by atoms with van der Waals surface area (Å²) in [5, 5.41) is 0. The minimum atomic E-state index is -0.448. The summed E-state index contributed by atoms with van der Waals surface area (Å²) >= 11 is 1.47. The fraction of sp³-hybridized carbons (Fsp3) is 0. The molecule has 0 saturated carbocycles. The van der Waals surface area contributed by atoms with Gasteiger partial charge in [-0.3, -0.25) is 20.4 Å². The zero-order chi connectivity index (χ0) is 17.6. The maximum atomic E-state index is 13.0. The van der Waals surface area contributed by atoms with Crippen molar-refractivity contribution in [1.29, 1.82) is 0 Å². The molecular weight excluding hydrogens is 341 g/mol. The number of halogens is 1. The maximum absolute atomic E-state index is 13.0. The van der Waals surface area contributed by atoms with Crippen LogP contribution in [0.15, 0.2) is 60.8 Å². The van der Waals surface area contributed by atoms with E-state index in [4.69, 9.17) is 0 Å². The van der Waals surface area contributed by atoms with Crippen LogP contribution in [0.25, 0.3) is 16.5 Å². The van der Waals surface area contributed by atoms with Crippen molar-refractivity contribution in [3.05, 3.63) is 77.2 Å². The highest BCUT2D eigenvalue weighted by Gasteiger charge is 2.06. The van der Waals surface area contributed by atoms with Gasteiger partial charge in [0.25, 0.3) is 11.8 Å². The van der Waals surface area contributed by atoms with Crippen molar-refractivity contribution in [2.24, 2.45) is 0 Å². The van der Waals surface area contributed by atoms with Gasteiger partial charge in [-0.05, 0) is 48.0 Å². The molecule has 2 heterocycles. The summed E-state index contributed by atoms with van der Waals surface area (Å²) in [5.74, 6) is -1.16. The Balaban J connectivity index is 1.56. The van der Waals surface area contributed by atoms with Crippen LogP contribution in [-0.4, -0.2) is 16.8 Å². The summed E-state index contributed by atoms with van der Waals surface area (Å²) in [5.41, 5.74) is 5.87. The van der Waals surface area contributed by atoms with Crippen LogP contribution in [0, 0.1) is 5.82 Å². The molecule has 7 heteroatoms. The molecule has 0 aliphatic carbocycles. The van der Waals surface area contributed by atoms with Crippen LogP contribution < -0.4 is 10.9 Å². The van der Waals surface area contributed by atoms with Gasteiger partial charge in [0.05, 0.1) is 0 Å². The second-order valence-corrected chi connectivity index (χ2v) is 6.18. The number of rotatable bonds is 4. The standard InChI is InChI=1S/C18H14FN3O2S/c19-13-5-3-12(4-6-13)16-9-7-14(25-16)8-10-17(23)21-22-18(24)15-2-1-11-20-15/h1-11,20H,(H,21,23)(H,22,24). The number of nitrogens with one attached hydrogen (secondary N) is 3. The maximum Gasteiger partial charge on any atom is 0.286 e. The van der Waals surface area contributed by atoms with E-state index in [1.807, 2.05) is 12.1 Å². The van der Waals surface area contributed by atoms with E-state index >= 15 is 0 Å². The third kappa shape index (κ3) is 4.42. The average Bonchev–Trinajstić information content (AvgIpc) is 3.30. The van der Waals surface area contributed by atoms with Crippen LogP contribution in [0.5, 0.6) is 0 Å². The van der Waals surface area contributed by atoms with Gasteiger partial charge in [-0.25, -0.2) is 4.39 Å². The van der Waals surface area contributed by atoms with Gasteiger partial charge in [0.2, 0.25) is 0 Å². The Kier molecular flexibility index (Phi) is 5.06. The number of benzene rings is 1. The topological polar surface area (TPSA) is 74.0 Å². The largest absolute Gasteiger partial charge is 0.357 e. The summed E-state index contributed by atoms with van der Waals surface area (Å²) in [6, 6.07) is 13.3. The zero-order valence-electron chi connectivity index (χ0n) is 13.0. The number of carbonyl (C=O) groups excluding carboxylic acids is 2. The number of H-pyrrole nitrogens is 1. The van der Waals surface area contributed by atoms with Gasteiger partial charge in [0, 0.05) is 22.0 Å². The Hall–Kier alpha value is -3.19. The molecule has 5 nitrogen and oxygen atoms in total. The fourth-order valence-electron chi connectivity index (χ4n) is 2.07. The second kappa shape index (κ2) is 7.59. The first-order chi connectivity index (χ1) is 12.1. The Morgan fingerprint density at radius 1 is 1.04 bits per heavy atom. The number of aromatic amines is 1. The van der Waals surface area contributed by atoms with E-state index in [0.29, 0.717) is 5.69 Å². The molecule has 0 saturated heterocycles. The van der Waals surface area contributed by atoms with Gasteiger partial charge in [-0.15, -0.1) is 11.3 Å². The van der Waals surface area contributed by atoms with Crippen LogP contribution in [-0.2, 0) is 4.79 Å². The molecule has 0 aliphatic heterocycles. The zero-order valence-corrected chi connectivity index (χ0v) is 13.8. The molecule has 0 bridgehead atoms. The number of thiophene rings is 1. The lowest BCUT2D eigenvalue weighted by molar-refractivity contribution is -0.117. The van der Waals surface area contributed by atoms with Crippen LogP contribution in [0.1, 0.15) is 15.4 Å². The van der Waals surface area contributed by atoms with Crippen LogP contribution >= 0.6 is 11.3 Å². The van der Waals surface area contributed by atoms with E-state index in [2.05, 4.69) is 15.8 Å². The monoisotopic (exact) mass is 355 g/mol. The highest BCUT2D eigenvalue weighted by molar-refractivity contribution is 7.16. The predicted octanol–water partition coefficient (Wildman–Crippen LogP) is 3.36. The molecule has 0 radical (unpaired) electrons. The van der Waals surface area contributed by atoms with Crippen molar-refractivity contribution >= 4 is 29.2 Å². The highest BCUT2D eigenvalue weighted by atomic mass is 32.1. The quantitative estimate of drug-likeness (QED) is 0.496. The summed E-state index contributed by atoms with van der Waals surface area (Å²) in [6.07, 6.45) is 4.59. The number of amides is 2. The lowest BCUT2D eigenvalue weighted by Gasteiger charge is -2.03. The summed E-state index contributed by atoms with van der Waals surface area (Å²) in [7, 11) is 0. The van der Waals surface area contributed by atoms with Crippen LogP contribution in [0.2, 0.25) is 0 Å². The van der Waals surface area contributed by atoms with Gasteiger partial charge in [-0.2, -0.15) is 0 Å². The smallest absolute Gasteiger partial charge is 0.286 e. The third-order valence-electron chi connectivity index (χ3n) is 3.30. The first-order valence-corrected chi connectivity index (χ1v) is 8.21. The minimum absolute atomic E-state index is 0.279. The molecule has 3 N–H and O–H groups in total. The molecule has 0 unspecified atom stereocenters. The minimum Gasteiger partial charge on any atom is -0.357 e. The lowest BCUT2D eigenvalue weighted by Crippen LogP contribution is -2.40. The van der Waals surface area contributed by atoms with Gasteiger partial charge in [0.15, 0.2) is 0 Å². The van der Waals surface area contributed by atoms with Crippen LogP contribution in [0.4, 0.5) is 4.39 Å². The molecule has 0 fully saturated rings. The third-order valence-corrected chi connectivity index (χ3v) is 4.40. The SMILES string of the molecule is O=C(C=Cc1ccc(-c2ccc(F)cc2)s1)NNC(=O)c1ccc[nH]1. The Morgan fingerprint density at radius 3 is 2.56 bits per heavy atom. The van der Waals surface area contributed by atoms with Crippen molar-refractivity contribution in [2.75, 3.05) is 0 Å². The van der Waals surface area contributed by atoms with E-state index in [1.54, 1.807) is 36.5 Å². The number of hydrogen-bond acceptors (Lipinski definition) is 3. The number of hydrazine groups is 1. The first kappa shape index (κ1) is 16.7. The van der Waals surface area contributed by atoms with E-state index in [9.17, 15) is 14.0 Å². The van der Waals surface area contributed by atoms with Crippen LogP contribution in [0.3, 0.4) is 0 Å². The van der Waals surface area contributed by atoms with E-state index in [-0.39, 0.29) is 5.82 Å². The normalized spacial score (nSPS) is 10.8. The summed E-state index contributed by atoms with van der Waals surface area (Å²) in [4.78, 5) is 28.0. The molecule has 0 aliphatic rings. The average molecular weight is 355 g/mol. The van der Waals surface area contributed by atoms with Gasteiger partial charge >= 0.3 is 0 Å². The molecule has 2 aromatic heterocycles. The van der Waals surface area contributed by atoms with E-state index in [1.165, 1.54) is 29.5 Å². The molecule has 1 aromatic carbocycles. The molecular formula is C18H14FN3O2S. The first-order valence-electron chi connectivity index (χ1n) is 7.39. The summed E-state index contributed by atoms with van der Waals surface area (Å²) in [6.45, 7) is 0. The fourth-order valence-corrected chi connectivity index (χ4v) is 2.98. The predicted molar refractivity (Wildman–Crippen MR) is 95.1 cm³/mol. The lowest BCUT2D eigenvalue weighted by atomic mass is 10.2. The number of aromatic nitrogens is 1. The molecule has 3 rings (SSSR count). The number of carbonyl (C=O) groups is 2. The van der Waals surface area contributed by atoms with Crippen molar-refractivity contribution in [2.45, 2.75) is 0 Å². The molecule has 0 spiro atoms. The van der Waals surface area contributed by atoms with Gasteiger partial charge < -0.3 is 4.98 Å². The van der Waals surface area contributed by atoms with Gasteiger partial charge in [-0.1, -0.05) is 12.1 Å². The van der Waals surface area contributed by atoms with E-state index < -0.39 is 11.8 Å². The van der Waals surface area contributed by atoms with Crippen molar-refractivity contribution in [1.82, 2.24) is 15.8 Å². The molecule has 126 valence electrons. The molecule has 25 heavy (non-hydrogen) atoms.